The number of halogens is 1. The highest BCUT2D eigenvalue weighted by Crippen LogP contribution is 2.27. The van der Waals surface area contributed by atoms with E-state index >= 15 is 0 Å². The predicted molar refractivity (Wildman–Crippen MR) is 92.6 cm³/mol. The number of methoxy groups -OCH3 is 1. The van der Waals surface area contributed by atoms with Crippen molar-refractivity contribution in [1.29, 1.82) is 0 Å². The maximum absolute atomic E-state index is 12.5. The summed E-state index contributed by atoms with van der Waals surface area (Å²) in [5.41, 5.74) is 0. The van der Waals surface area contributed by atoms with E-state index in [1.165, 1.54) is 32.1 Å². The summed E-state index contributed by atoms with van der Waals surface area (Å²) in [6.45, 7) is 6.74. The molecule has 1 aromatic carbocycles. The van der Waals surface area contributed by atoms with Crippen molar-refractivity contribution < 1.29 is 13.2 Å². The first kappa shape index (κ1) is 18.5. The van der Waals surface area contributed by atoms with Gasteiger partial charge >= 0.3 is 0 Å². The Morgan fingerprint density at radius 1 is 1.30 bits per heavy atom. The first-order valence-corrected chi connectivity index (χ1v) is 9.78. The fourth-order valence-electron chi connectivity index (χ4n) is 2.95. The molecule has 7 heteroatoms. The van der Waals surface area contributed by atoms with E-state index in [1.54, 1.807) is 6.07 Å². The van der Waals surface area contributed by atoms with Crippen molar-refractivity contribution in [3.05, 3.63) is 23.2 Å². The molecule has 23 heavy (non-hydrogen) atoms. The summed E-state index contributed by atoms with van der Waals surface area (Å²) in [5, 5.41) is 0.287. The second-order valence-electron chi connectivity index (χ2n) is 6.20. The third kappa shape index (κ3) is 4.59. The largest absolute Gasteiger partial charge is 0.495 e. The number of nitrogens with one attached hydrogen (secondary N) is 1. The molecule has 1 N–H and O–H groups in total. The zero-order chi connectivity index (χ0) is 17.0. The number of benzene rings is 1. The smallest absolute Gasteiger partial charge is 0.240 e. The quantitative estimate of drug-likeness (QED) is 0.812. The first-order chi connectivity index (χ1) is 10.8. The average molecular weight is 361 g/mol. The van der Waals surface area contributed by atoms with Gasteiger partial charge in [-0.1, -0.05) is 25.4 Å². The maximum atomic E-state index is 12.5. The minimum absolute atomic E-state index is 0.159. The Hall–Kier alpha value is -0.820. The highest BCUT2D eigenvalue weighted by Gasteiger charge is 2.26. The van der Waals surface area contributed by atoms with Crippen LogP contribution >= 0.6 is 11.6 Å². The van der Waals surface area contributed by atoms with Crippen LogP contribution in [0, 0.1) is 5.92 Å². The Morgan fingerprint density at radius 3 is 2.48 bits per heavy atom. The molecular formula is C16H25ClN2O3S. The molecule has 0 saturated carbocycles. The number of likely N-dealkylation sites (tertiary alicyclic amines) is 1. The van der Waals surface area contributed by atoms with Gasteiger partial charge in [-0.25, -0.2) is 13.1 Å². The lowest BCUT2D eigenvalue weighted by Gasteiger charge is -2.30. The van der Waals surface area contributed by atoms with Crippen molar-refractivity contribution >= 4 is 21.6 Å². The summed E-state index contributed by atoms with van der Waals surface area (Å²) in [6.07, 6.45) is 2.37. The molecule has 5 nitrogen and oxygen atoms in total. The van der Waals surface area contributed by atoms with Gasteiger partial charge in [0.2, 0.25) is 10.0 Å². The molecule has 0 amide bonds. The zero-order valence-corrected chi connectivity index (χ0v) is 15.5. The van der Waals surface area contributed by atoms with Gasteiger partial charge in [-0.3, -0.25) is 4.90 Å². The maximum Gasteiger partial charge on any atom is 0.240 e. The molecule has 2 rings (SSSR count). The monoisotopic (exact) mass is 360 g/mol. The molecular weight excluding hydrogens is 336 g/mol. The summed E-state index contributed by atoms with van der Waals surface area (Å²) in [4.78, 5) is 2.53. The molecule has 1 fully saturated rings. The number of nitrogens with zero attached hydrogens (tertiary/aromatic N) is 1. The van der Waals surface area contributed by atoms with E-state index in [9.17, 15) is 8.42 Å². The Bertz CT molecular complexity index is 628. The van der Waals surface area contributed by atoms with Gasteiger partial charge in [0.15, 0.2) is 0 Å². The summed E-state index contributed by atoms with van der Waals surface area (Å²) in [5.74, 6) is 0.845. The minimum Gasteiger partial charge on any atom is -0.495 e. The molecule has 1 heterocycles. The standard InChI is InChI=1S/C16H25ClN2O3S/c1-12(2)15(19-8-4-5-9-19)11-18-23(20,21)13-6-7-16(22-3)14(17)10-13/h6-7,10,12,15,18H,4-5,8-9,11H2,1-3H3. The molecule has 1 aliphatic rings. The Morgan fingerprint density at radius 2 is 1.96 bits per heavy atom. The Labute approximate surface area is 144 Å². The average Bonchev–Trinajstić information content (AvgIpc) is 3.01. The molecule has 0 spiro atoms. The van der Waals surface area contributed by atoms with E-state index in [2.05, 4.69) is 23.5 Å². The third-order valence-electron chi connectivity index (χ3n) is 4.30. The van der Waals surface area contributed by atoms with Crippen LogP contribution in [-0.2, 0) is 10.0 Å². The van der Waals surface area contributed by atoms with Gasteiger partial charge < -0.3 is 4.74 Å². The molecule has 130 valence electrons. The van der Waals surface area contributed by atoms with Crippen LogP contribution in [0.3, 0.4) is 0 Å². The fourth-order valence-corrected chi connectivity index (χ4v) is 4.35. The van der Waals surface area contributed by atoms with Crippen LogP contribution in [0.4, 0.5) is 0 Å². The van der Waals surface area contributed by atoms with E-state index in [1.807, 2.05) is 0 Å². The lowest BCUT2D eigenvalue weighted by molar-refractivity contribution is 0.193. The normalized spacial score (nSPS) is 17.6. The van der Waals surface area contributed by atoms with Crippen molar-refractivity contribution in [3.63, 3.8) is 0 Å². The number of hydrogen-bond acceptors (Lipinski definition) is 4. The Balaban J connectivity index is 2.09. The second kappa shape index (κ2) is 7.83. The highest BCUT2D eigenvalue weighted by atomic mass is 35.5. The van der Waals surface area contributed by atoms with E-state index in [4.69, 9.17) is 16.3 Å². The molecule has 1 aliphatic heterocycles. The van der Waals surface area contributed by atoms with Gasteiger partial charge in [-0.2, -0.15) is 0 Å². The molecule has 0 aromatic heterocycles. The molecule has 0 aliphatic carbocycles. The highest BCUT2D eigenvalue weighted by molar-refractivity contribution is 7.89. The molecule has 1 unspecified atom stereocenters. The van der Waals surface area contributed by atoms with Crippen molar-refractivity contribution in [2.24, 2.45) is 5.92 Å². The van der Waals surface area contributed by atoms with E-state index in [-0.39, 0.29) is 16.0 Å². The molecule has 1 aromatic rings. The van der Waals surface area contributed by atoms with Crippen LogP contribution in [0.1, 0.15) is 26.7 Å². The Kier molecular flexibility index (Phi) is 6.31. The van der Waals surface area contributed by atoms with E-state index < -0.39 is 10.0 Å². The fraction of sp³-hybridized carbons (Fsp3) is 0.625. The van der Waals surface area contributed by atoms with Crippen LogP contribution in [0.15, 0.2) is 23.1 Å². The van der Waals surface area contributed by atoms with Crippen molar-refractivity contribution in [1.82, 2.24) is 9.62 Å². The van der Waals surface area contributed by atoms with Gasteiger partial charge in [-0.15, -0.1) is 0 Å². The van der Waals surface area contributed by atoms with Gasteiger partial charge in [0, 0.05) is 12.6 Å². The molecule has 0 bridgehead atoms. The van der Waals surface area contributed by atoms with Crippen LogP contribution in [0.25, 0.3) is 0 Å². The molecule has 0 radical (unpaired) electrons. The molecule has 1 atom stereocenters. The van der Waals surface area contributed by atoms with Crippen LogP contribution in [0.5, 0.6) is 5.75 Å². The third-order valence-corrected chi connectivity index (χ3v) is 6.01. The van der Waals surface area contributed by atoms with E-state index in [0.717, 1.165) is 13.1 Å². The van der Waals surface area contributed by atoms with Crippen LogP contribution in [-0.4, -0.2) is 46.1 Å². The van der Waals surface area contributed by atoms with Gasteiger partial charge in [0.1, 0.15) is 5.75 Å². The number of ether oxygens (including phenoxy) is 1. The summed E-state index contributed by atoms with van der Waals surface area (Å²) >= 11 is 6.03. The van der Waals surface area contributed by atoms with Gasteiger partial charge in [0.25, 0.3) is 0 Å². The number of sulfonamides is 1. The van der Waals surface area contributed by atoms with Crippen LogP contribution in [0.2, 0.25) is 5.02 Å². The minimum atomic E-state index is -3.58. The van der Waals surface area contributed by atoms with Crippen molar-refractivity contribution in [2.75, 3.05) is 26.7 Å². The second-order valence-corrected chi connectivity index (χ2v) is 8.38. The summed E-state index contributed by atoms with van der Waals surface area (Å²) < 4.78 is 32.8. The van der Waals surface area contributed by atoms with E-state index in [0.29, 0.717) is 18.2 Å². The summed E-state index contributed by atoms with van der Waals surface area (Å²) in [6, 6.07) is 4.70. The lowest BCUT2D eigenvalue weighted by atomic mass is 10.0. The first-order valence-electron chi connectivity index (χ1n) is 7.92. The van der Waals surface area contributed by atoms with Crippen molar-refractivity contribution in [3.8, 4) is 5.75 Å². The lowest BCUT2D eigenvalue weighted by Crippen LogP contribution is -2.45. The number of hydrogen-bond donors (Lipinski definition) is 1. The predicted octanol–water partition coefficient (Wildman–Crippen LogP) is 2.75. The van der Waals surface area contributed by atoms with Crippen LogP contribution < -0.4 is 9.46 Å². The summed E-state index contributed by atoms with van der Waals surface area (Å²) in [7, 11) is -2.09. The zero-order valence-electron chi connectivity index (χ0n) is 13.9. The molecule has 1 saturated heterocycles. The SMILES string of the molecule is COc1ccc(S(=O)(=O)NCC(C(C)C)N2CCCC2)cc1Cl. The van der Waals surface area contributed by atoms with Gasteiger partial charge in [-0.05, 0) is 50.0 Å². The number of rotatable bonds is 7. The van der Waals surface area contributed by atoms with Crippen molar-refractivity contribution in [2.45, 2.75) is 37.6 Å². The topological polar surface area (TPSA) is 58.6 Å². The van der Waals surface area contributed by atoms with Gasteiger partial charge in [0.05, 0.1) is 17.0 Å².